The molecule has 68 heavy (non-hydrogen) atoms. The van der Waals surface area contributed by atoms with E-state index in [0.29, 0.717) is 58.7 Å². The molecular formula is C45H63Cl3N6O14. The highest BCUT2D eigenvalue weighted by Crippen LogP contribution is 2.26. The number of nitrogens with one attached hydrogen (secondary N) is 4. The van der Waals surface area contributed by atoms with E-state index < -0.39 is 35.6 Å². The summed E-state index contributed by atoms with van der Waals surface area (Å²) in [6.45, 7) is 6.21. The lowest BCUT2D eigenvalue weighted by Crippen LogP contribution is -2.45. The first-order chi connectivity index (χ1) is 31.3. The van der Waals surface area contributed by atoms with E-state index in [1.54, 1.807) is 6.92 Å². The van der Waals surface area contributed by atoms with Crippen LogP contribution in [0.25, 0.3) is 0 Å². The van der Waals surface area contributed by atoms with E-state index in [1.807, 2.05) is 4.90 Å². The van der Waals surface area contributed by atoms with Crippen molar-refractivity contribution in [2.75, 3.05) is 99.9 Å². The molecule has 0 bridgehead atoms. The number of hydrogen-bond donors (Lipinski definition) is 7. The van der Waals surface area contributed by atoms with Crippen LogP contribution in [0.3, 0.4) is 0 Å². The van der Waals surface area contributed by atoms with Gasteiger partial charge in [0.2, 0.25) is 0 Å². The van der Waals surface area contributed by atoms with Gasteiger partial charge in [0.25, 0.3) is 17.7 Å². The number of nitrogens with zero attached hydrogens (tertiary/aromatic N) is 2. The number of halogens is 3. The van der Waals surface area contributed by atoms with Crippen LogP contribution in [-0.4, -0.2) is 167 Å². The monoisotopic (exact) mass is 1020 g/mol. The number of benzene rings is 3. The van der Waals surface area contributed by atoms with Gasteiger partial charge in [0.05, 0.1) is 44.6 Å². The van der Waals surface area contributed by atoms with Gasteiger partial charge in [0.1, 0.15) is 33.9 Å². The van der Waals surface area contributed by atoms with Gasteiger partial charge in [-0.15, -0.1) is 37.2 Å². The van der Waals surface area contributed by atoms with Gasteiger partial charge in [-0.1, -0.05) is 24.6 Å². The summed E-state index contributed by atoms with van der Waals surface area (Å²) in [6.07, 6.45) is 2.76. The molecule has 0 aliphatic carbocycles. The summed E-state index contributed by atoms with van der Waals surface area (Å²) in [4.78, 5) is 90.8. The van der Waals surface area contributed by atoms with Gasteiger partial charge in [-0.3, -0.25) is 29.0 Å². The van der Waals surface area contributed by atoms with Crippen molar-refractivity contribution in [3.8, 4) is 17.2 Å². The fourth-order valence-corrected chi connectivity index (χ4v) is 6.83. The molecule has 3 amide bonds. The number of methoxy groups -OCH3 is 3. The largest absolute Gasteiger partial charge is 0.495 e. The van der Waals surface area contributed by atoms with Gasteiger partial charge in [0.15, 0.2) is 0 Å². The van der Waals surface area contributed by atoms with E-state index in [0.717, 1.165) is 12.8 Å². The van der Waals surface area contributed by atoms with Crippen LogP contribution in [-0.2, 0) is 9.53 Å². The highest BCUT2D eigenvalue weighted by atomic mass is 35.5. The molecule has 7 N–H and O–H groups in total. The van der Waals surface area contributed by atoms with Crippen molar-refractivity contribution in [2.45, 2.75) is 32.6 Å². The topological polar surface area (TPSA) is 272 Å². The molecule has 0 fully saturated rings. The lowest BCUT2D eigenvalue weighted by atomic mass is 10.1. The average molecular weight is 1020 g/mol. The van der Waals surface area contributed by atoms with Crippen LogP contribution < -0.4 is 35.5 Å². The zero-order chi connectivity index (χ0) is 47.7. The number of aromatic carboxylic acids is 3. The molecule has 3 aromatic carbocycles. The molecule has 0 aliphatic rings. The zero-order valence-electron chi connectivity index (χ0n) is 38.5. The number of carboxylic acids is 3. The Balaban J connectivity index is 0.0000150. The summed E-state index contributed by atoms with van der Waals surface area (Å²) in [6, 6.07) is 12.7. The average Bonchev–Trinajstić information content (AvgIpc) is 3.29. The number of rotatable bonds is 31. The third kappa shape index (κ3) is 19.7. The fourth-order valence-electron chi connectivity index (χ4n) is 6.83. The number of carboxylic acid groups (broad SMARTS) is 3. The van der Waals surface area contributed by atoms with Crippen molar-refractivity contribution in [1.82, 2.24) is 31.1 Å². The van der Waals surface area contributed by atoms with Crippen LogP contribution >= 0.6 is 37.2 Å². The Hall–Kier alpha value is -5.90. The van der Waals surface area contributed by atoms with Crippen molar-refractivity contribution >= 4 is 78.8 Å². The lowest BCUT2D eigenvalue weighted by molar-refractivity contribution is -0.143. The van der Waals surface area contributed by atoms with Crippen molar-refractivity contribution in [2.24, 2.45) is 0 Å². The number of carbonyl (C=O) groups is 7. The summed E-state index contributed by atoms with van der Waals surface area (Å²) >= 11 is 0. The van der Waals surface area contributed by atoms with Crippen molar-refractivity contribution in [1.29, 1.82) is 0 Å². The van der Waals surface area contributed by atoms with Crippen LogP contribution in [0.2, 0.25) is 0 Å². The molecular weight excluding hydrogens is 955 g/mol. The second kappa shape index (κ2) is 33.6. The lowest BCUT2D eigenvalue weighted by Gasteiger charge is -2.28. The highest BCUT2D eigenvalue weighted by Gasteiger charge is 2.23. The molecule has 0 radical (unpaired) electrons. The minimum absolute atomic E-state index is 0. The standard InChI is InChI=1S/C45H60N6O14.3ClH/c1-5-65-36(52)18-7-6-8-19-46-20-24-50(25-21-47-40(53)30-12-9-15-33(43(56)57)37(30)62-2)28-29-51(26-22-48-41(54)31-13-10-16-34(44(58)59)38(31)63-3)27-23-49-42(55)32-14-11-17-35(45(60)61)39(32)64-4;;;/h9-17,46H,5-8,18-29H2,1-4H3,(H,47,53)(H,48,54)(H,49,55)(H,56,57)(H,58,59)(H,60,61);3*1H. The van der Waals surface area contributed by atoms with E-state index in [2.05, 4.69) is 26.2 Å². The van der Waals surface area contributed by atoms with Crippen LogP contribution in [0.4, 0.5) is 0 Å². The first-order valence-electron chi connectivity index (χ1n) is 21.1. The molecule has 3 rings (SSSR count). The predicted octanol–water partition coefficient (Wildman–Crippen LogP) is 3.98. The molecule has 0 aliphatic heterocycles. The number of hydrogen-bond acceptors (Lipinski definition) is 14. The first-order valence-corrected chi connectivity index (χ1v) is 21.1. The van der Waals surface area contributed by atoms with E-state index in [9.17, 15) is 48.9 Å². The molecule has 0 saturated carbocycles. The predicted molar refractivity (Wildman–Crippen MR) is 259 cm³/mol. The minimum Gasteiger partial charge on any atom is -0.495 e. The van der Waals surface area contributed by atoms with Crippen molar-refractivity contribution in [3.63, 3.8) is 0 Å². The quantitative estimate of drug-likeness (QED) is 0.0355. The van der Waals surface area contributed by atoms with Gasteiger partial charge < -0.3 is 55.5 Å². The molecule has 0 aromatic heterocycles. The van der Waals surface area contributed by atoms with Gasteiger partial charge in [0, 0.05) is 71.9 Å². The normalized spacial score (nSPS) is 10.4. The number of para-hydroxylation sites is 3. The van der Waals surface area contributed by atoms with Crippen molar-refractivity contribution in [3.05, 3.63) is 88.0 Å². The summed E-state index contributed by atoms with van der Waals surface area (Å²) < 4.78 is 20.8. The maximum atomic E-state index is 13.3. The summed E-state index contributed by atoms with van der Waals surface area (Å²) in [5.41, 5.74) is -0.349. The molecule has 0 unspecified atom stereocenters. The Bertz CT molecular complexity index is 2030. The molecule has 0 heterocycles. The molecule has 0 spiro atoms. The molecule has 0 saturated heterocycles. The fraction of sp³-hybridized carbons (Fsp3) is 0.444. The third-order valence-corrected chi connectivity index (χ3v) is 10.1. The van der Waals surface area contributed by atoms with E-state index in [4.69, 9.17) is 18.9 Å². The maximum Gasteiger partial charge on any atom is 0.339 e. The highest BCUT2D eigenvalue weighted by molar-refractivity contribution is 6.03. The Kier molecular flexibility index (Phi) is 30.6. The second-order valence-electron chi connectivity index (χ2n) is 14.4. The number of esters is 1. The Labute approximate surface area is 414 Å². The molecule has 23 heteroatoms. The van der Waals surface area contributed by atoms with Gasteiger partial charge in [-0.2, -0.15) is 0 Å². The molecule has 378 valence electrons. The van der Waals surface area contributed by atoms with Crippen LogP contribution in [0.15, 0.2) is 54.6 Å². The van der Waals surface area contributed by atoms with Crippen molar-refractivity contribution < 1.29 is 67.8 Å². The minimum atomic E-state index is -1.26. The molecule has 0 atom stereocenters. The Morgan fingerprint density at radius 1 is 0.471 bits per heavy atom. The first kappa shape index (κ1) is 62.1. The number of amides is 3. The van der Waals surface area contributed by atoms with Gasteiger partial charge in [-0.25, -0.2) is 14.4 Å². The van der Waals surface area contributed by atoms with E-state index in [-0.39, 0.29) is 127 Å². The van der Waals surface area contributed by atoms with E-state index in [1.165, 1.54) is 75.9 Å². The number of carbonyl (C=O) groups excluding carboxylic acids is 4. The third-order valence-electron chi connectivity index (χ3n) is 10.1. The smallest absolute Gasteiger partial charge is 0.339 e. The van der Waals surface area contributed by atoms with E-state index >= 15 is 0 Å². The summed E-state index contributed by atoms with van der Waals surface area (Å²) in [7, 11) is 3.84. The number of unbranched alkanes of at least 4 members (excludes halogenated alkanes) is 2. The maximum absolute atomic E-state index is 13.3. The SMILES string of the molecule is CCOC(=O)CCCCCNCCN(CCNC(=O)c1cccc(C(=O)O)c1OC)CCN(CCNC(=O)c1cccc(C(=O)O)c1OC)CCNC(=O)c1cccc(C(=O)O)c1OC.Cl.Cl.Cl. The zero-order valence-corrected chi connectivity index (χ0v) is 40.9. The molecule has 20 nitrogen and oxygen atoms in total. The van der Waals surface area contributed by atoms with Crippen LogP contribution in [0, 0.1) is 0 Å². The van der Waals surface area contributed by atoms with Gasteiger partial charge in [-0.05, 0) is 62.7 Å². The molecule has 3 aromatic rings. The van der Waals surface area contributed by atoms with Crippen LogP contribution in [0.5, 0.6) is 17.2 Å². The second-order valence-corrected chi connectivity index (χ2v) is 14.4. The Morgan fingerprint density at radius 3 is 1.13 bits per heavy atom. The Morgan fingerprint density at radius 2 is 0.809 bits per heavy atom. The number of ether oxygens (including phenoxy) is 4. The van der Waals surface area contributed by atoms with Gasteiger partial charge >= 0.3 is 23.9 Å². The summed E-state index contributed by atoms with van der Waals surface area (Å²) in [5, 5.41) is 40.7. The summed E-state index contributed by atoms with van der Waals surface area (Å²) in [5.74, 6) is -5.82. The van der Waals surface area contributed by atoms with Crippen LogP contribution in [0.1, 0.15) is 94.8 Å².